The quantitative estimate of drug-likeness (QED) is 0.675. The first kappa shape index (κ1) is 18.1. The molecule has 3 rings (SSSR count). The van der Waals surface area contributed by atoms with Gasteiger partial charge in [-0.05, 0) is 48.4 Å². The Hall–Kier alpha value is -2.73. The van der Waals surface area contributed by atoms with E-state index < -0.39 is 15.7 Å². The van der Waals surface area contributed by atoms with Gasteiger partial charge in [0, 0.05) is 29.8 Å². The van der Waals surface area contributed by atoms with Crippen LogP contribution in [0.3, 0.4) is 0 Å². The number of rotatable bonds is 5. The Labute approximate surface area is 152 Å². The third-order valence-corrected chi connectivity index (χ3v) is 5.13. The lowest BCUT2D eigenvalue weighted by Crippen LogP contribution is -2.00. The minimum absolute atomic E-state index is 0.223. The van der Waals surface area contributed by atoms with Crippen LogP contribution in [0.2, 0.25) is 0 Å². The molecule has 26 heavy (non-hydrogen) atoms. The van der Waals surface area contributed by atoms with Gasteiger partial charge < -0.3 is 4.74 Å². The number of aryl methyl sites for hydroxylation is 1. The number of halogens is 1. The van der Waals surface area contributed by atoms with E-state index in [1.54, 1.807) is 24.4 Å². The molecule has 0 saturated carbocycles. The van der Waals surface area contributed by atoms with Gasteiger partial charge >= 0.3 is 0 Å². The predicted molar refractivity (Wildman–Crippen MR) is 98.3 cm³/mol. The lowest BCUT2D eigenvalue weighted by Gasteiger charge is -2.10. The number of ether oxygens (including phenoxy) is 1. The van der Waals surface area contributed by atoms with Crippen molar-refractivity contribution in [3.8, 4) is 16.9 Å². The van der Waals surface area contributed by atoms with E-state index in [-0.39, 0.29) is 11.5 Å². The molecule has 1 aromatic heterocycles. The van der Waals surface area contributed by atoms with E-state index in [1.165, 1.54) is 24.3 Å². The van der Waals surface area contributed by atoms with Crippen LogP contribution in [0.5, 0.6) is 5.75 Å². The molecule has 0 aliphatic heterocycles. The second-order valence-electron chi connectivity index (χ2n) is 6.01. The van der Waals surface area contributed by atoms with Gasteiger partial charge in [0.1, 0.15) is 18.2 Å². The Kier molecular flexibility index (Phi) is 5.04. The van der Waals surface area contributed by atoms with Crippen LogP contribution < -0.4 is 4.74 Å². The monoisotopic (exact) mass is 371 g/mol. The van der Waals surface area contributed by atoms with Gasteiger partial charge in [-0.3, -0.25) is 4.98 Å². The summed E-state index contributed by atoms with van der Waals surface area (Å²) in [5.74, 6) is -0.0250. The fourth-order valence-electron chi connectivity index (χ4n) is 2.54. The summed E-state index contributed by atoms with van der Waals surface area (Å²) in [6, 6.07) is 14.5. The fraction of sp³-hybridized carbons (Fsp3) is 0.150. The zero-order valence-electron chi connectivity index (χ0n) is 14.4. The maximum absolute atomic E-state index is 14.0. The van der Waals surface area contributed by atoms with Crippen molar-refractivity contribution in [1.29, 1.82) is 0 Å². The molecule has 1 heterocycles. The molecule has 0 unspecified atom stereocenters. The Morgan fingerprint density at radius 3 is 2.42 bits per heavy atom. The average molecular weight is 371 g/mol. The van der Waals surface area contributed by atoms with Crippen molar-refractivity contribution in [3.05, 3.63) is 77.9 Å². The third kappa shape index (κ3) is 4.26. The Bertz CT molecular complexity index is 1030. The first-order chi connectivity index (χ1) is 12.3. The molecule has 0 bridgehead atoms. The van der Waals surface area contributed by atoms with E-state index in [0.29, 0.717) is 16.9 Å². The number of sulfone groups is 1. The number of hydrogen-bond acceptors (Lipinski definition) is 4. The fourth-order valence-corrected chi connectivity index (χ4v) is 3.17. The van der Waals surface area contributed by atoms with Crippen molar-refractivity contribution in [2.45, 2.75) is 18.4 Å². The van der Waals surface area contributed by atoms with Crippen molar-refractivity contribution in [2.24, 2.45) is 0 Å². The molecule has 2 aromatic carbocycles. The normalized spacial score (nSPS) is 11.3. The molecule has 134 valence electrons. The minimum atomic E-state index is -3.27. The van der Waals surface area contributed by atoms with Crippen LogP contribution in [0.15, 0.2) is 65.7 Å². The molecular weight excluding hydrogens is 353 g/mol. The highest BCUT2D eigenvalue weighted by Crippen LogP contribution is 2.27. The standard InChI is InChI=1S/C20H18FNO3S/c1-14-16(4-3-9-22-14)13-25-19-11-17(10-18(21)12-19)15-5-7-20(8-6-15)26(2,23)24/h3-12H,13H2,1-2H3. The number of aromatic nitrogens is 1. The molecule has 0 saturated heterocycles. The summed E-state index contributed by atoms with van der Waals surface area (Å²) in [7, 11) is -3.27. The molecule has 0 amide bonds. The number of hydrogen-bond donors (Lipinski definition) is 0. The van der Waals surface area contributed by atoms with E-state index in [9.17, 15) is 12.8 Å². The highest BCUT2D eigenvalue weighted by molar-refractivity contribution is 7.90. The van der Waals surface area contributed by atoms with Gasteiger partial charge in [0.05, 0.1) is 4.90 Å². The predicted octanol–water partition coefficient (Wildman–Crippen LogP) is 4.18. The largest absolute Gasteiger partial charge is 0.489 e. The van der Waals surface area contributed by atoms with Gasteiger partial charge in [0.15, 0.2) is 9.84 Å². The summed E-state index contributed by atoms with van der Waals surface area (Å²) in [6.45, 7) is 2.18. The Morgan fingerprint density at radius 1 is 1.04 bits per heavy atom. The Morgan fingerprint density at radius 2 is 1.77 bits per heavy atom. The molecule has 4 nitrogen and oxygen atoms in total. The molecule has 0 spiro atoms. The van der Waals surface area contributed by atoms with E-state index in [0.717, 1.165) is 17.5 Å². The van der Waals surface area contributed by atoms with Crippen LogP contribution in [0.25, 0.3) is 11.1 Å². The average Bonchev–Trinajstić information content (AvgIpc) is 2.60. The van der Waals surface area contributed by atoms with Crippen LogP contribution in [0.4, 0.5) is 4.39 Å². The zero-order chi connectivity index (χ0) is 18.7. The van der Waals surface area contributed by atoms with Crippen molar-refractivity contribution >= 4 is 9.84 Å². The van der Waals surface area contributed by atoms with Gasteiger partial charge in [-0.15, -0.1) is 0 Å². The maximum Gasteiger partial charge on any atom is 0.175 e. The van der Waals surface area contributed by atoms with Crippen molar-refractivity contribution in [3.63, 3.8) is 0 Å². The van der Waals surface area contributed by atoms with E-state index in [1.807, 2.05) is 19.1 Å². The van der Waals surface area contributed by atoms with E-state index >= 15 is 0 Å². The smallest absolute Gasteiger partial charge is 0.175 e. The summed E-state index contributed by atoms with van der Waals surface area (Å²) in [4.78, 5) is 4.42. The van der Waals surface area contributed by atoms with Crippen LogP contribution in [0.1, 0.15) is 11.3 Å². The lowest BCUT2D eigenvalue weighted by molar-refractivity contribution is 0.303. The van der Waals surface area contributed by atoms with Gasteiger partial charge in [-0.1, -0.05) is 18.2 Å². The first-order valence-corrected chi connectivity index (χ1v) is 9.86. The topological polar surface area (TPSA) is 56.3 Å². The Balaban J connectivity index is 1.85. The molecule has 0 N–H and O–H groups in total. The van der Waals surface area contributed by atoms with Crippen molar-refractivity contribution < 1.29 is 17.5 Å². The van der Waals surface area contributed by atoms with Gasteiger partial charge in [0.2, 0.25) is 0 Å². The molecule has 0 radical (unpaired) electrons. The lowest BCUT2D eigenvalue weighted by atomic mass is 10.1. The second-order valence-corrected chi connectivity index (χ2v) is 8.02. The summed E-state index contributed by atoms with van der Waals surface area (Å²) in [5, 5.41) is 0. The maximum atomic E-state index is 14.0. The van der Waals surface area contributed by atoms with Gasteiger partial charge in [0.25, 0.3) is 0 Å². The van der Waals surface area contributed by atoms with E-state index in [4.69, 9.17) is 4.74 Å². The second kappa shape index (κ2) is 7.25. The third-order valence-electron chi connectivity index (χ3n) is 4.00. The van der Waals surface area contributed by atoms with Gasteiger partial charge in [-0.2, -0.15) is 0 Å². The summed E-state index contributed by atoms with van der Waals surface area (Å²) < 4.78 is 42.8. The first-order valence-electron chi connectivity index (χ1n) is 7.97. The molecule has 0 atom stereocenters. The minimum Gasteiger partial charge on any atom is -0.489 e. The van der Waals surface area contributed by atoms with E-state index in [2.05, 4.69) is 4.98 Å². The zero-order valence-corrected chi connectivity index (χ0v) is 15.3. The highest BCUT2D eigenvalue weighted by atomic mass is 32.2. The SMILES string of the molecule is Cc1ncccc1COc1cc(F)cc(-c2ccc(S(C)(=O)=O)cc2)c1. The van der Waals surface area contributed by atoms with Crippen molar-refractivity contribution in [1.82, 2.24) is 4.98 Å². The molecule has 0 fully saturated rings. The van der Waals surface area contributed by atoms with Crippen LogP contribution in [-0.2, 0) is 16.4 Å². The molecule has 0 aliphatic carbocycles. The summed E-state index contributed by atoms with van der Waals surface area (Å²) >= 11 is 0. The van der Waals surface area contributed by atoms with Crippen molar-refractivity contribution in [2.75, 3.05) is 6.26 Å². The summed E-state index contributed by atoms with van der Waals surface area (Å²) in [6.07, 6.45) is 2.86. The highest BCUT2D eigenvalue weighted by Gasteiger charge is 2.09. The van der Waals surface area contributed by atoms with Crippen LogP contribution in [-0.4, -0.2) is 19.7 Å². The molecule has 0 aliphatic rings. The molecular formula is C20H18FNO3S. The summed E-state index contributed by atoms with van der Waals surface area (Å²) in [5.41, 5.74) is 3.11. The molecule has 6 heteroatoms. The van der Waals surface area contributed by atoms with Gasteiger partial charge in [-0.25, -0.2) is 12.8 Å². The molecule has 3 aromatic rings. The number of pyridine rings is 1. The number of benzene rings is 2. The number of nitrogens with zero attached hydrogens (tertiary/aromatic N) is 1. The van der Waals surface area contributed by atoms with Crippen LogP contribution in [0, 0.1) is 12.7 Å². The van der Waals surface area contributed by atoms with Crippen LogP contribution >= 0.6 is 0 Å².